The lowest BCUT2D eigenvalue weighted by Crippen LogP contribution is -2.27. The van der Waals surface area contributed by atoms with Crippen LogP contribution in [0.5, 0.6) is 0 Å². The predicted octanol–water partition coefficient (Wildman–Crippen LogP) is 3.29. The normalized spacial score (nSPS) is 25.3. The van der Waals surface area contributed by atoms with Gasteiger partial charge in [0.2, 0.25) is 0 Å². The highest BCUT2D eigenvalue weighted by Gasteiger charge is 2.32. The van der Waals surface area contributed by atoms with Gasteiger partial charge < -0.3 is 19.3 Å². The molecule has 0 aromatic rings. The van der Waals surface area contributed by atoms with E-state index in [2.05, 4.69) is 23.9 Å². The van der Waals surface area contributed by atoms with Gasteiger partial charge >= 0.3 is 0 Å². The van der Waals surface area contributed by atoms with Gasteiger partial charge in [-0.2, -0.15) is 0 Å². The van der Waals surface area contributed by atoms with E-state index in [4.69, 9.17) is 33.9 Å². The standard InChI is InChI=1S/2C12H16N2O2S/c2*1-3-14-11(15)10(16-12(14)17)7-6-9-5-4-8-13(9)2/h2*6-7H,3-5,8H2,1-2H3/b2*9-6+,10-7-. The molecule has 0 aromatic carbocycles. The van der Waals surface area contributed by atoms with Crippen LogP contribution in [0.1, 0.15) is 39.5 Å². The highest BCUT2D eigenvalue weighted by Crippen LogP contribution is 2.22. The molecule has 0 unspecified atom stereocenters. The summed E-state index contributed by atoms with van der Waals surface area (Å²) >= 11 is 9.95. The molecule has 4 aliphatic heterocycles. The number of likely N-dealkylation sites (N-methyl/N-ethyl adjacent to an activating group) is 2. The molecule has 10 heteroatoms. The molecule has 8 nitrogen and oxygen atoms in total. The number of thiocarbonyl (C=S) groups is 2. The molecule has 0 saturated carbocycles. The number of ether oxygens (including phenoxy) is 2. The molecule has 0 atom stereocenters. The maximum absolute atomic E-state index is 11.8. The summed E-state index contributed by atoms with van der Waals surface area (Å²) in [7, 11) is 4.11. The van der Waals surface area contributed by atoms with E-state index < -0.39 is 0 Å². The number of carbonyl (C=O) groups is 2. The molecule has 0 aromatic heterocycles. The lowest BCUT2D eigenvalue weighted by Gasteiger charge is -2.11. The number of hydrogen-bond acceptors (Lipinski definition) is 8. The molecule has 0 spiro atoms. The number of carbonyl (C=O) groups excluding carboxylic acids is 2. The Bertz CT molecular complexity index is 907. The first-order chi connectivity index (χ1) is 16.3. The van der Waals surface area contributed by atoms with E-state index in [0.717, 1.165) is 25.9 Å². The van der Waals surface area contributed by atoms with Crippen LogP contribution in [0.3, 0.4) is 0 Å². The lowest BCUT2D eigenvalue weighted by atomic mass is 10.3. The van der Waals surface area contributed by atoms with Gasteiger partial charge in [0.25, 0.3) is 22.2 Å². The number of rotatable bonds is 4. The molecule has 4 rings (SSSR count). The van der Waals surface area contributed by atoms with E-state index in [1.54, 1.807) is 12.2 Å². The molecule has 2 amide bonds. The zero-order valence-corrected chi connectivity index (χ0v) is 21.8. The fourth-order valence-electron chi connectivity index (χ4n) is 4.00. The van der Waals surface area contributed by atoms with Gasteiger partial charge in [0.1, 0.15) is 0 Å². The summed E-state index contributed by atoms with van der Waals surface area (Å²) in [6.07, 6.45) is 11.8. The molecule has 0 N–H and O–H groups in total. The summed E-state index contributed by atoms with van der Waals surface area (Å²) in [5, 5.41) is 0.504. The Morgan fingerprint density at radius 1 is 0.735 bits per heavy atom. The molecular formula is C24H32N4O4S2. The molecule has 4 saturated heterocycles. The molecule has 4 heterocycles. The van der Waals surface area contributed by atoms with E-state index in [1.807, 2.05) is 26.0 Å². The van der Waals surface area contributed by atoms with Crippen LogP contribution in [-0.4, -0.2) is 82.0 Å². The maximum Gasteiger partial charge on any atom is 0.297 e. The first kappa shape index (κ1) is 25.9. The summed E-state index contributed by atoms with van der Waals surface area (Å²) in [4.78, 5) is 31.0. The summed E-state index contributed by atoms with van der Waals surface area (Å²) in [5.41, 5.74) is 2.46. The van der Waals surface area contributed by atoms with E-state index in [-0.39, 0.29) is 22.2 Å². The average molecular weight is 505 g/mol. The second kappa shape index (κ2) is 11.6. The molecular weight excluding hydrogens is 472 g/mol. The van der Waals surface area contributed by atoms with Gasteiger partial charge in [-0.1, -0.05) is 0 Å². The quantitative estimate of drug-likeness (QED) is 0.427. The molecule has 0 bridgehead atoms. The summed E-state index contributed by atoms with van der Waals surface area (Å²) in [6, 6.07) is 0. The third-order valence-electron chi connectivity index (χ3n) is 6.07. The Morgan fingerprint density at radius 2 is 1.12 bits per heavy atom. The van der Waals surface area contributed by atoms with Crippen molar-refractivity contribution in [3.8, 4) is 0 Å². The van der Waals surface area contributed by atoms with E-state index in [9.17, 15) is 9.59 Å². The summed E-state index contributed by atoms with van der Waals surface area (Å²) in [6.45, 7) is 6.99. The number of likely N-dealkylation sites (tertiary alicyclic amines) is 2. The molecule has 0 aliphatic carbocycles. The molecule has 4 aliphatic rings. The van der Waals surface area contributed by atoms with Crippen LogP contribution in [0.25, 0.3) is 0 Å². The Hall–Kier alpha value is -2.72. The second-order valence-electron chi connectivity index (χ2n) is 8.26. The van der Waals surface area contributed by atoms with Gasteiger partial charge in [0.15, 0.2) is 11.5 Å². The van der Waals surface area contributed by atoms with Crippen molar-refractivity contribution in [3.05, 3.63) is 47.2 Å². The van der Waals surface area contributed by atoms with Crippen molar-refractivity contribution in [2.24, 2.45) is 0 Å². The van der Waals surface area contributed by atoms with Crippen LogP contribution in [0.4, 0.5) is 0 Å². The summed E-state index contributed by atoms with van der Waals surface area (Å²) in [5.74, 6) is 0.360. The van der Waals surface area contributed by atoms with Crippen molar-refractivity contribution in [2.45, 2.75) is 39.5 Å². The smallest absolute Gasteiger partial charge is 0.297 e. The van der Waals surface area contributed by atoms with Gasteiger partial charge in [-0.05, 0) is 88.3 Å². The van der Waals surface area contributed by atoms with Crippen molar-refractivity contribution in [2.75, 3.05) is 40.3 Å². The van der Waals surface area contributed by atoms with Crippen LogP contribution in [-0.2, 0) is 19.1 Å². The monoisotopic (exact) mass is 504 g/mol. The minimum absolute atomic E-state index is 0.144. The fraction of sp³-hybridized carbons (Fsp3) is 0.500. The first-order valence-electron chi connectivity index (χ1n) is 11.6. The predicted molar refractivity (Wildman–Crippen MR) is 138 cm³/mol. The van der Waals surface area contributed by atoms with Crippen molar-refractivity contribution in [1.29, 1.82) is 0 Å². The van der Waals surface area contributed by atoms with E-state index in [0.29, 0.717) is 24.6 Å². The van der Waals surface area contributed by atoms with Gasteiger partial charge in [-0.15, -0.1) is 0 Å². The van der Waals surface area contributed by atoms with E-state index >= 15 is 0 Å². The highest BCUT2D eigenvalue weighted by atomic mass is 32.1. The second-order valence-corrected chi connectivity index (χ2v) is 8.96. The topological polar surface area (TPSA) is 65.6 Å². The Kier molecular flexibility index (Phi) is 8.84. The van der Waals surface area contributed by atoms with Crippen molar-refractivity contribution < 1.29 is 19.1 Å². The number of allylic oxidation sites excluding steroid dienone is 6. The zero-order chi connectivity index (χ0) is 24.8. The lowest BCUT2D eigenvalue weighted by molar-refractivity contribution is -0.123. The van der Waals surface area contributed by atoms with Crippen molar-refractivity contribution in [3.63, 3.8) is 0 Å². The van der Waals surface area contributed by atoms with Crippen LogP contribution >= 0.6 is 24.4 Å². The Labute approximate surface area is 212 Å². The number of amides is 2. The van der Waals surface area contributed by atoms with Gasteiger partial charge in [0, 0.05) is 51.7 Å². The van der Waals surface area contributed by atoms with Crippen molar-refractivity contribution >= 4 is 46.6 Å². The van der Waals surface area contributed by atoms with Crippen molar-refractivity contribution in [1.82, 2.24) is 19.6 Å². The third-order valence-corrected chi connectivity index (χ3v) is 6.67. The minimum Gasteiger partial charge on any atom is -0.426 e. The first-order valence-corrected chi connectivity index (χ1v) is 12.4. The molecule has 0 radical (unpaired) electrons. The molecule has 34 heavy (non-hydrogen) atoms. The van der Waals surface area contributed by atoms with Gasteiger partial charge in [0.05, 0.1) is 0 Å². The number of hydrogen-bond donors (Lipinski definition) is 0. The van der Waals surface area contributed by atoms with Crippen LogP contribution in [0.15, 0.2) is 47.2 Å². The summed E-state index contributed by atoms with van der Waals surface area (Å²) < 4.78 is 10.6. The highest BCUT2D eigenvalue weighted by molar-refractivity contribution is 7.80. The average Bonchev–Trinajstić information content (AvgIpc) is 3.54. The van der Waals surface area contributed by atoms with Crippen LogP contribution < -0.4 is 0 Å². The largest absolute Gasteiger partial charge is 0.426 e. The van der Waals surface area contributed by atoms with Crippen LogP contribution in [0, 0.1) is 0 Å². The Morgan fingerprint density at radius 3 is 1.38 bits per heavy atom. The minimum atomic E-state index is -0.144. The van der Waals surface area contributed by atoms with Gasteiger partial charge in [-0.25, -0.2) is 0 Å². The number of nitrogens with zero attached hydrogens (tertiary/aromatic N) is 4. The molecule has 184 valence electrons. The zero-order valence-electron chi connectivity index (χ0n) is 20.2. The SMILES string of the molecule is CCN1C(=O)/C(=C/C=C2\CCCN2C)OC1=S.CCN1C(=O)/C(=C/C=C2\CCCN2C)OC1=S. The molecule has 4 fully saturated rings. The Balaban J connectivity index is 0.000000191. The van der Waals surface area contributed by atoms with Gasteiger partial charge in [-0.3, -0.25) is 19.4 Å². The maximum atomic E-state index is 11.8. The fourth-order valence-corrected chi connectivity index (χ4v) is 4.61. The van der Waals surface area contributed by atoms with E-state index in [1.165, 1.54) is 34.0 Å². The third kappa shape index (κ3) is 5.85. The van der Waals surface area contributed by atoms with Crippen LogP contribution in [0.2, 0.25) is 0 Å².